The highest BCUT2D eigenvalue weighted by molar-refractivity contribution is 5.73. The van der Waals surface area contributed by atoms with Crippen LogP contribution in [0.1, 0.15) is 81.1 Å². The highest BCUT2D eigenvalue weighted by atomic mass is 16.7. The molecule has 1 heterocycles. The first-order chi connectivity index (χ1) is 18.1. The van der Waals surface area contributed by atoms with Crippen LogP contribution >= 0.6 is 0 Å². The average Bonchev–Trinajstić information content (AvgIpc) is 2.89. The van der Waals surface area contributed by atoms with Crippen molar-refractivity contribution in [3.8, 4) is 0 Å². The van der Waals surface area contributed by atoms with Gasteiger partial charge in [0.1, 0.15) is 24.4 Å². The van der Waals surface area contributed by atoms with E-state index in [2.05, 4.69) is 5.32 Å². The van der Waals surface area contributed by atoms with E-state index in [1.54, 1.807) is 6.92 Å². The lowest BCUT2D eigenvalue weighted by atomic mass is 9.76. The van der Waals surface area contributed by atoms with Gasteiger partial charge in [-0.3, -0.25) is 4.79 Å². The van der Waals surface area contributed by atoms with Gasteiger partial charge in [-0.15, -0.1) is 0 Å². The molecule has 9 atom stereocenters. The zero-order chi connectivity index (χ0) is 30.1. The van der Waals surface area contributed by atoms with Crippen LogP contribution in [0.2, 0.25) is 0 Å². The zero-order valence-corrected chi connectivity index (χ0v) is 24.6. The summed E-state index contributed by atoms with van der Waals surface area (Å²) >= 11 is 0. The SMILES string of the molecule is CCC(C)(CC)OC1C(C(=O)O)OC(OC[C@H](NC(C)=O)[C@H](OC(CO)[C@H](C)O)C(C)(CC)CC)C(O)C1O. The molecular formula is C27H51NO11. The quantitative estimate of drug-likeness (QED) is 0.148. The van der Waals surface area contributed by atoms with Gasteiger partial charge < -0.3 is 49.8 Å². The molecule has 12 nitrogen and oxygen atoms in total. The minimum atomic E-state index is -1.65. The fourth-order valence-corrected chi connectivity index (χ4v) is 4.61. The second-order valence-electron chi connectivity index (χ2n) is 11.0. The molecule has 1 saturated heterocycles. The number of carbonyl (C=O) groups is 2. The van der Waals surface area contributed by atoms with E-state index in [0.29, 0.717) is 25.7 Å². The van der Waals surface area contributed by atoms with Gasteiger partial charge in [0.25, 0.3) is 0 Å². The number of aliphatic hydroxyl groups is 4. The molecule has 1 aliphatic heterocycles. The molecule has 0 spiro atoms. The van der Waals surface area contributed by atoms with Crippen molar-refractivity contribution >= 4 is 11.9 Å². The van der Waals surface area contributed by atoms with Crippen LogP contribution < -0.4 is 5.32 Å². The van der Waals surface area contributed by atoms with Gasteiger partial charge in [-0.2, -0.15) is 0 Å². The van der Waals surface area contributed by atoms with Crippen LogP contribution in [0.5, 0.6) is 0 Å². The van der Waals surface area contributed by atoms with E-state index in [-0.39, 0.29) is 6.61 Å². The molecule has 0 aromatic heterocycles. The zero-order valence-electron chi connectivity index (χ0n) is 24.6. The number of carboxylic acid groups (broad SMARTS) is 1. The van der Waals surface area contributed by atoms with Crippen LogP contribution in [0.15, 0.2) is 0 Å². The summed E-state index contributed by atoms with van der Waals surface area (Å²) in [5, 5.41) is 54.2. The molecule has 230 valence electrons. The van der Waals surface area contributed by atoms with Crippen molar-refractivity contribution in [2.45, 2.75) is 142 Å². The molecule has 12 heteroatoms. The van der Waals surface area contributed by atoms with Crippen molar-refractivity contribution in [1.82, 2.24) is 5.32 Å². The van der Waals surface area contributed by atoms with Gasteiger partial charge in [-0.25, -0.2) is 4.79 Å². The third-order valence-electron chi connectivity index (χ3n) is 8.24. The predicted octanol–water partition coefficient (Wildman–Crippen LogP) is 0.956. The molecular weight excluding hydrogens is 514 g/mol. The van der Waals surface area contributed by atoms with E-state index in [0.717, 1.165) is 0 Å². The number of rotatable bonds is 17. The summed E-state index contributed by atoms with van der Waals surface area (Å²) in [6.45, 7) is 13.4. The summed E-state index contributed by atoms with van der Waals surface area (Å²) in [4.78, 5) is 24.2. The number of hydrogen-bond acceptors (Lipinski definition) is 10. The molecule has 0 bridgehead atoms. The number of amides is 1. The van der Waals surface area contributed by atoms with E-state index in [1.165, 1.54) is 13.8 Å². The fraction of sp³-hybridized carbons (Fsp3) is 0.926. The lowest BCUT2D eigenvalue weighted by Gasteiger charge is -2.45. The summed E-state index contributed by atoms with van der Waals surface area (Å²) in [7, 11) is 0. The van der Waals surface area contributed by atoms with Crippen molar-refractivity contribution in [2.24, 2.45) is 5.41 Å². The average molecular weight is 566 g/mol. The number of nitrogens with one attached hydrogen (secondary N) is 1. The first kappa shape index (κ1) is 35.6. The van der Waals surface area contributed by atoms with Crippen LogP contribution in [-0.4, -0.2) is 111 Å². The molecule has 0 aromatic carbocycles. The first-order valence-corrected chi connectivity index (χ1v) is 13.9. The predicted molar refractivity (Wildman–Crippen MR) is 142 cm³/mol. The van der Waals surface area contributed by atoms with Crippen LogP contribution in [-0.2, 0) is 28.5 Å². The largest absolute Gasteiger partial charge is 0.479 e. The first-order valence-electron chi connectivity index (χ1n) is 13.9. The van der Waals surface area contributed by atoms with Gasteiger partial charge in [0.05, 0.1) is 37.1 Å². The maximum Gasteiger partial charge on any atom is 0.335 e. The van der Waals surface area contributed by atoms with Gasteiger partial charge in [0.2, 0.25) is 5.91 Å². The Kier molecular flexibility index (Phi) is 14.2. The Bertz CT molecular complexity index is 756. The molecule has 1 aliphatic rings. The maximum absolute atomic E-state index is 12.2. The fourth-order valence-electron chi connectivity index (χ4n) is 4.61. The third-order valence-corrected chi connectivity index (χ3v) is 8.24. The minimum Gasteiger partial charge on any atom is -0.479 e. The highest BCUT2D eigenvalue weighted by Crippen LogP contribution is 2.36. The van der Waals surface area contributed by atoms with Crippen molar-refractivity contribution in [2.75, 3.05) is 13.2 Å². The van der Waals surface area contributed by atoms with Crippen molar-refractivity contribution in [3.63, 3.8) is 0 Å². The Morgan fingerprint density at radius 3 is 2.00 bits per heavy atom. The molecule has 1 fully saturated rings. The molecule has 0 saturated carbocycles. The Labute approximate surface area is 232 Å². The van der Waals surface area contributed by atoms with Gasteiger partial charge in [-0.05, 0) is 44.9 Å². The molecule has 1 rings (SSSR count). The minimum absolute atomic E-state index is 0.286. The normalized spacial score (nSPS) is 27.4. The Morgan fingerprint density at radius 2 is 1.59 bits per heavy atom. The Balaban J connectivity index is 3.28. The van der Waals surface area contributed by atoms with E-state index in [4.69, 9.17) is 18.9 Å². The van der Waals surface area contributed by atoms with Crippen molar-refractivity contribution < 1.29 is 54.1 Å². The molecule has 6 N–H and O–H groups in total. The molecule has 0 radical (unpaired) electrons. The molecule has 1 amide bonds. The van der Waals surface area contributed by atoms with Crippen LogP contribution in [0.25, 0.3) is 0 Å². The number of aliphatic hydroxyl groups excluding tert-OH is 4. The molecule has 0 aliphatic carbocycles. The molecule has 0 aromatic rings. The van der Waals surface area contributed by atoms with E-state index >= 15 is 0 Å². The molecule has 39 heavy (non-hydrogen) atoms. The van der Waals surface area contributed by atoms with Gasteiger partial charge in [0.15, 0.2) is 12.4 Å². The summed E-state index contributed by atoms with van der Waals surface area (Å²) < 4.78 is 23.5. The van der Waals surface area contributed by atoms with Crippen LogP contribution in [0.3, 0.4) is 0 Å². The van der Waals surface area contributed by atoms with Crippen molar-refractivity contribution in [3.05, 3.63) is 0 Å². The maximum atomic E-state index is 12.2. The van der Waals surface area contributed by atoms with E-state index in [9.17, 15) is 35.1 Å². The van der Waals surface area contributed by atoms with Gasteiger partial charge in [0, 0.05) is 6.92 Å². The van der Waals surface area contributed by atoms with Crippen molar-refractivity contribution in [1.29, 1.82) is 0 Å². The highest BCUT2D eigenvalue weighted by Gasteiger charge is 2.51. The Hall–Kier alpha value is -1.38. The summed E-state index contributed by atoms with van der Waals surface area (Å²) in [5.74, 6) is -1.79. The monoisotopic (exact) mass is 565 g/mol. The number of carbonyl (C=O) groups excluding carboxylic acids is 1. The standard InChI is InChI=1S/C27H51NO11/c1-9-26(7,10-2)23(37-18(13-29)15(5)30)17(28-16(6)31)14-36-25-20(33)19(32)21(22(38-25)24(34)35)39-27(8,11-3)12-4/h15,17-23,25,29-30,32-33H,9-14H2,1-8H3,(H,28,31)(H,34,35)/t15-,17-,18?,19?,20?,21?,22?,23-,25?/m0/s1. The summed E-state index contributed by atoms with van der Waals surface area (Å²) in [6.07, 6.45) is -8.15. The lowest BCUT2D eigenvalue weighted by molar-refractivity contribution is -0.314. The Morgan fingerprint density at radius 1 is 1.03 bits per heavy atom. The van der Waals surface area contributed by atoms with Gasteiger partial charge in [-0.1, -0.05) is 34.6 Å². The second kappa shape index (κ2) is 15.6. The number of ether oxygens (including phenoxy) is 4. The molecule has 6 unspecified atom stereocenters. The van der Waals surface area contributed by atoms with E-state index in [1.807, 2.05) is 34.6 Å². The topological polar surface area (TPSA) is 184 Å². The third kappa shape index (κ3) is 9.32. The number of hydrogen-bond donors (Lipinski definition) is 6. The summed E-state index contributed by atoms with van der Waals surface area (Å²) in [6, 6.07) is -0.839. The second-order valence-corrected chi connectivity index (χ2v) is 11.0. The summed E-state index contributed by atoms with van der Waals surface area (Å²) in [5.41, 5.74) is -1.27. The number of carboxylic acids is 1. The van der Waals surface area contributed by atoms with E-state index < -0.39 is 84.6 Å². The van der Waals surface area contributed by atoms with Crippen LogP contribution in [0.4, 0.5) is 0 Å². The van der Waals surface area contributed by atoms with Gasteiger partial charge >= 0.3 is 5.97 Å². The lowest BCUT2D eigenvalue weighted by Crippen LogP contribution is -2.63. The van der Waals surface area contributed by atoms with Crippen LogP contribution in [0, 0.1) is 5.41 Å². The smallest absolute Gasteiger partial charge is 0.335 e. The number of aliphatic carboxylic acids is 1.